The van der Waals surface area contributed by atoms with E-state index >= 15 is 0 Å². The minimum Gasteiger partial charge on any atom is -0.493 e. The van der Waals surface area contributed by atoms with Crippen LogP contribution in [0.4, 0.5) is 11.4 Å². The number of nitrogens with two attached hydrogens (primary N) is 1. The molecule has 0 saturated heterocycles. The molecule has 0 aliphatic heterocycles. The van der Waals surface area contributed by atoms with Gasteiger partial charge in [-0.15, -0.1) is 0 Å². The van der Waals surface area contributed by atoms with E-state index in [0.717, 1.165) is 5.56 Å². The number of rotatable bonds is 4. The lowest BCUT2D eigenvalue weighted by molar-refractivity contribution is -0.384. The van der Waals surface area contributed by atoms with Crippen molar-refractivity contribution in [2.45, 2.75) is 6.92 Å². The van der Waals surface area contributed by atoms with Crippen LogP contribution in [-0.4, -0.2) is 17.0 Å². The summed E-state index contributed by atoms with van der Waals surface area (Å²) in [5.41, 5.74) is 6.83. The number of hydrogen-bond acceptors (Lipinski definition) is 6. The number of nitro groups is 1. The second kappa shape index (κ2) is 5.43. The number of ether oxygens (including phenoxy) is 2. The number of nitro benzene ring substituents is 1. The van der Waals surface area contributed by atoms with Gasteiger partial charge in [-0.25, -0.2) is 4.98 Å². The molecule has 0 aliphatic rings. The van der Waals surface area contributed by atoms with Crippen molar-refractivity contribution in [1.29, 1.82) is 0 Å². The number of methoxy groups -OCH3 is 1. The second-order valence-corrected chi connectivity index (χ2v) is 4.09. The summed E-state index contributed by atoms with van der Waals surface area (Å²) >= 11 is 0. The molecule has 2 rings (SSSR count). The van der Waals surface area contributed by atoms with E-state index in [9.17, 15) is 10.1 Å². The predicted molar refractivity (Wildman–Crippen MR) is 73.1 cm³/mol. The van der Waals surface area contributed by atoms with Crippen molar-refractivity contribution in [2.75, 3.05) is 12.8 Å². The molecule has 0 unspecified atom stereocenters. The normalized spacial score (nSPS) is 10.1. The van der Waals surface area contributed by atoms with Gasteiger partial charge in [-0.3, -0.25) is 10.1 Å². The molecule has 1 aromatic heterocycles. The monoisotopic (exact) mass is 275 g/mol. The van der Waals surface area contributed by atoms with Crippen molar-refractivity contribution in [3.05, 3.63) is 46.1 Å². The highest BCUT2D eigenvalue weighted by molar-refractivity contribution is 5.51. The van der Waals surface area contributed by atoms with E-state index in [4.69, 9.17) is 15.2 Å². The molecule has 0 fully saturated rings. The summed E-state index contributed by atoms with van der Waals surface area (Å²) in [6.45, 7) is 1.80. The largest absolute Gasteiger partial charge is 0.493 e. The van der Waals surface area contributed by atoms with Crippen LogP contribution in [0, 0.1) is 17.0 Å². The van der Waals surface area contributed by atoms with Gasteiger partial charge < -0.3 is 15.2 Å². The molecule has 1 heterocycles. The quantitative estimate of drug-likeness (QED) is 0.680. The number of aryl methyl sites for hydroxylation is 1. The molecule has 0 bridgehead atoms. The third-order valence-electron chi connectivity index (χ3n) is 2.62. The second-order valence-electron chi connectivity index (χ2n) is 4.09. The molecule has 0 saturated carbocycles. The van der Waals surface area contributed by atoms with Crippen LogP contribution in [0.25, 0.3) is 0 Å². The number of pyridine rings is 1. The average molecular weight is 275 g/mol. The SMILES string of the molecule is COc1cc([N+](=O)[O-])ccc1Oc1ncc(N)cc1C. The van der Waals surface area contributed by atoms with E-state index in [1.165, 1.54) is 31.5 Å². The molecular formula is C13H13N3O4. The Hall–Kier alpha value is -2.83. The Morgan fingerprint density at radius 1 is 1.30 bits per heavy atom. The Morgan fingerprint density at radius 3 is 2.65 bits per heavy atom. The molecule has 0 spiro atoms. The Balaban J connectivity index is 2.35. The van der Waals surface area contributed by atoms with Crippen LogP contribution in [-0.2, 0) is 0 Å². The zero-order valence-corrected chi connectivity index (χ0v) is 11.0. The van der Waals surface area contributed by atoms with Gasteiger partial charge in [-0.1, -0.05) is 0 Å². The highest BCUT2D eigenvalue weighted by atomic mass is 16.6. The standard InChI is InChI=1S/C13H13N3O4/c1-8-5-9(14)7-15-13(8)20-11-4-3-10(16(17)18)6-12(11)19-2/h3-7H,14H2,1-2H3. The summed E-state index contributed by atoms with van der Waals surface area (Å²) in [6.07, 6.45) is 1.47. The van der Waals surface area contributed by atoms with Gasteiger partial charge in [0.15, 0.2) is 11.5 Å². The number of nitrogen functional groups attached to an aromatic ring is 1. The van der Waals surface area contributed by atoms with Crippen molar-refractivity contribution >= 4 is 11.4 Å². The third-order valence-corrected chi connectivity index (χ3v) is 2.62. The summed E-state index contributed by atoms with van der Waals surface area (Å²) < 4.78 is 10.7. The molecule has 0 atom stereocenters. The molecule has 2 N–H and O–H groups in total. The van der Waals surface area contributed by atoms with Gasteiger partial charge in [0.1, 0.15) is 0 Å². The Kier molecular flexibility index (Phi) is 3.69. The summed E-state index contributed by atoms with van der Waals surface area (Å²) in [4.78, 5) is 14.3. The van der Waals surface area contributed by atoms with Gasteiger partial charge in [-0.05, 0) is 19.1 Å². The number of non-ortho nitro benzene ring substituents is 1. The van der Waals surface area contributed by atoms with Gasteiger partial charge in [0.25, 0.3) is 5.69 Å². The van der Waals surface area contributed by atoms with Gasteiger partial charge in [0.05, 0.1) is 30.0 Å². The van der Waals surface area contributed by atoms with Crippen molar-refractivity contribution in [1.82, 2.24) is 4.98 Å². The predicted octanol–water partition coefficient (Wildman–Crippen LogP) is 2.68. The van der Waals surface area contributed by atoms with Crippen molar-refractivity contribution < 1.29 is 14.4 Å². The lowest BCUT2D eigenvalue weighted by Crippen LogP contribution is -1.97. The number of hydrogen-bond donors (Lipinski definition) is 1. The van der Waals surface area contributed by atoms with Crippen LogP contribution in [0.5, 0.6) is 17.4 Å². The Bertz CT molecular complexity index is 658. The fraction of sp³-hybridized carbons (Fsp3) is 0.154. The zero-order chi connectivity index (χ0) is 14.7. The van der Waals surface area contributed by atoms with E-state index in [1.807, 2.05) is 0 Å². The fourth-order valence-electron chi connectivity index (χ4n) is 1.65. The fourth-order valence-corrected chi connectivity index (χ4v) is 1.65. The van der Waals surface area contributed by atoms with Crippen LogP contribution in [0.2, 0.25) is 0 Å². The van der Waals surface area contributed by atoms with Gasteiger partial charge in [0, 0.05) is 11.6 Å². The van der Waals surface area contributed by atoms with Crippen LogP contribution in [0.3, 0.4) is 0 Å². The minimum atomic E-state index is -0.501. The summed E-state index contributed by atoms with van der Waals surface area (Å²) in [5.74, 6) is 0.974. The van der Waals surface area contributed by atoms with Gasteiger partial charge in [0.2, 0.25) is 5.88 Å². The molecule has 20 heavy (non-hydrogen) atoms. The van der Waals surface area contributed by atoms with Crippen molar-refractivity contribution in [3.8, 4) is 17.4 Å². The summed E-state index contributed by atoms with van der Waals surface area (Å²) in [6, 6.07) is 5.82. The van der Waals surface area contributed by atoms with E-state index in [1.54, 1.807) is 13.0 Å². The van der Waals surface area contributed by atoms with Crippen molar-refractivity contribution in [2.24, 2.45) is 0 Å². The third kappa shape index (κ3) is 2.77. The van der Waals surface area contributed by atoms with E-state index < -0.39 is 4.92 Å². The molecule has 7 nitrogen and oxygen atoms in total. The number of anilines is 1. The number of benzene rings is 1. The van der Waals surface area contributed by atoms with Gasteiger partial charge in [-0.2, -0.15) is 0 Å². The molecule has 0 radical (unpaired) electrons. The average Bonchev–Trinajstić information content (AvgIpc) is 2.42. The maximum atomic E-state index is 10.7. The topological polar surface area (TPSA) is 101 Å². The van der Waals surface area contributed by atoms with Gasteiger partial charge >= 0.3 is 0 Å². The zero-order valence-electron chi connectivity index (χ0n) is 11.0. The van der Waals surface area contributed by atoms with Crippen LogP contribution in [0.15, 0.2) is 30.5 Å². The van der Waals surface area contributed by atoms with E-state index in [2.05, 4.69) is 4.98 Å². The molecule has 7 heteroatoms. The summed E-state index contributed by atoms with van der Waals surface area (Å²) in [5, 5.41) is 10.7. The van der Waals surface area contributed by atoms with Crippen LogP contribution in [0.1, 0.15) is 5.56 Å². The highest BCUT2D eigenvalue weighted by Crippen LogP contribution is 2.34. The molecule has 0 aliphatic carbocycles. The molecule has 0 amide bonds. The molecule has 1 aromatic carbocycles. The lowest BCUT2D eigenvalue weighted by atomic mass is 10.2. The first-order valence-corrected chi connectivity index (χ1v) is 5.73. The first-order chi connectivity index (χ1) is 9.51. The maximum Gasteiger partial charge on any atom is 0.273 e. The lowest BCUT2D eigenvalue weighted by Gasteiger charge is -2.11. The maximum absolute atomic E-state index is 10.7. The minimum absolute atomic E-state index is 0.0730. The van der Waals surface area contributed by atoms with Crippen molar-refractivity contribution in [3.63, 3.8) is 0 Å². The first-order valence-electron chi connectivity index (χ1n) is 5.73. The summed E-state index contributed by atoms with van der Waals surface area (Å²) in [7, 11) is 1.41. The Morgan fingerprint density at radius 2 is 2.05 bits per heavy atom. The smallest absolute Gasteiger partial charge is 0.273 e. The van der Waals surface area contributed by atoms with E-state index in [0.29, 0.717) is 17.3 Å². The highest BCUT2D eigenvalue weighted by Gasteiger charge is 2.14. The molecular weight excluding hydrogens is 262 g/mol. The number of aromatic nitrogens is 1. The number of nitrogens with zero attached hydrogens (tertiary/aromatic N) is 2. The van der Waals surface area contributed by atoms with Crippen LogP contribution >= 0.6 is 0 Å². The van der Waals surface area contributed by atoms with Crippen LogP contribution < -0.4 is 15.2 Å². The van der Waals surface area contributed by atoms with E-state index in [-0.39, 0.29) is 11.4 Å². The molecule has 104 valence electrons. The first kappa shape index (κ1) is 13.6. The Labute approximate surface area is 115 Å². The molecule has 2 aromatic rings.